The van der Waals surface area contributed by atoms with Crippen LogP contribution >= 0.6 is 0 Å². The van der Waals surface area contributed by atoms with Crippen LogP contribution < -0.4 is 10.4 Å². The van der Waals surface area contributed by atoms with E-state index in [1.807, 2.05) is 55.5 Å². The van der Waals surface area contributed by atoms with Gasteiger partial charge in [0.05, 0.1) is 11.8 Å². The lowest BCUT2D eigenvalue weighted by atomic mass is 9.82. The van der Waals surface area contributed by atoms with Crippen LogP contribution in [-0.4, -0.2) is 11.0 Å². The Morgan fingerprint density at radius 2 is 1.76 bits per heavy atom. The van der Waals surface area contributed by atoms with Crippen molar-refractivity contribution in [1.82, 2.24) is 4.98 Å². The summed E-state index contributed by atoms with van der Waals surface area (Å²) in [7, 11) is 0. The number of carbonyl (C=O) groups is 1. The van der Waals surface area contributed by atoms with Crippen molar-refractivity contribution in [2.45, 2.75) is 19.3 Å². The molecular weight excluding hydrogens is 366 g/mol. The van der Waals surface area contributed by atoms with E-state index in [4.69, 9.17) is 9.15 Å². The molecule has 0 saturated carbocycles. The highest BCUT2D eigenvalue weighted by Crippen LogP contribution is 2.47. The lowest BCUT2D eigenvalue weighted by Gasteiger charge is -2.28. The largest absolute Gasteiger partial charge is 0.425 e. The van der Waals surface area contributed by atoms with Gasteiger partial charge in [-0.15, -0.1) is 0 Å². The molecule has 1 atom stereocenters. The highest BCUT2D eigenvalue weighted by Gasteiger charge is 2.33. The van der Waals surface area contributed by atoms with Crippen LogP contribution in [0.3, 0.4) is 0 Å². The summed E-state index contributed by atoms with van der Waals surface area (Å²) in [5.41, 5.74) is 4.37. The molecule has 5 heteroatoms. The second kappa shape index (κ2) is 6.71. The Balaban J connectivity index is 1.87. The third-order valence-corrected chi connectivity index (χ3v) is 5.36. The molecule has 2 aromatic heterocycles. The van der Waals surface area contributed by atoms with E-state index in [1.54, 1.807) is 12.4 Å². The number of rotatable bonds is 2. The Kier molecular flexibility index (Phi) is 4.02. The lowest BCUT2D eigenvalue weighted by molar-refractivity contribution is -0.135. The number of fused-ring (bicyclic) bond motifs is 3. The number of carbonyl (C=O) groups excluding carboxylic acids is 1. The molecule has 2 aromatic carbocycles. The van der Waals surface area contributed by atoms with Gasteiger partial charge in [0, 0.05) is 35.5 Å². The minimum absolute atomic E-state index is 0.144. The Labute approximate surface area is 166 Å². The second-order valence-electron chi connectivity index (χ2n) is 7.17. The SMILES string of the molecule is Cc1cc2oc(=O)cc(-c3ccccc3)c2c2c1C(c1ccncc1)CC(=O)O2. The van der Waals surface area contributed by atoms with Crippen LogP contribution in [0.4, 0.5) is 0 Å². The third kappa shape index (κ3) is 2.91. The molecule has 4 aromatic rings. The summed E-state index contributed by atoms with van der Waals surface area (Å²) in [6.07, 6.45) is 3.69. The fraction of sp³-hybridized carbons (Fsp3) is 0.125. The number of benzene rings is 2. The highest BCUT2D eigenvalue weighted by molar-refractivity contribution is 6.01. The van der Waals surface area contributed by atoms with Gasteiger partial charge in [-0.05, 0) is 41.8 Å². The maximum Gasteiger partial charge on any atom is 0.336 e. The molecule has 0 amide bonds. The van der Waals surface area contributed by atoms with Gasteiger partial charge in [0.25, 0.3) is 0 Å². The number of aryl methyl sites for hydroxylation is 1. The summed E-state index contributed by atoms with van der Waals surface area (Å²) < 4.78 is 11.3. The molecule has 3 heterocycles. The third-order valence-electron chi connectivity index (χ3n) is 5.36. The first-order chi connectivity index (χ1) is 14.1. The fourth-order valence-electron chi connectivity index (χ4n) is 4.12. The minimum Gasteiger partial charge on any atom is -0.425 e. The minimum atomic E-state index is -0.441. The van der Waals surface area contributed by atoms with E-state index >= 15 is 0 Å². The molecule has 142 valence electrons. The smallest absolute Gasteiger partial charge is 0.336 e. The first-order valence-electron chi connectivity index (χ1n) is 9.39. The van der Waals surface area contributed by atoms with Gasteiger partial charge in [-0.3, -0.25) is 9.78 Å². The highest BCUT2D eigenvalue weighted by atomic mass is 16.5. The molecule has 0 bridgehead atoms. The van der Waals surface area contributed by atoms with Gasteiger partial charge in [-0.25, -0.2) is 4.79 Å². The second-order valence-corrected chi connectivity index (χ2v) is 7.17. The van der Waals surface area contributed by atoms with Crippen molar-refractivity contribution in [1.29, 1.82) is 0 Å². The van der Waals surface area contributed by atoms with Gasteiger partial charge >= 0.3 is 11.6 Å². The molecule has 0 N–H and O–H groups in total. The van der Waals surface area contributed by atoms with E-state index in [1.165, 1.54) is 6.07 Å². The molecule has 5 nitrogen and oxygen atoms in total. The van der Waals surface area contributed by atoms with Crippen LogP contribution in [0.25, 0.3) is 22.1 Å². The topological polar surface area (TPSA) is 69.4 Å². The molecule has 0 spiro atoms. The summed E-state index contributed by atoms with van der Waals surface area (Å²) in [5, 5.41) is 0.642. The van der Waals surface area contributed by atoms with Crippen molar-refractivity contribution in [3.8, 4) is 16.9 Å². The summed E-state index contributed by atoms with van der Waals surface area (Å²) in [4.78, 5) is 28.9. The average molecular weight is 383 g/mol. The molecule has 29 heavy (non-hydrogen) atoms. The average Bonchev–Trinajstić information content (AvgIpc) is 2.73. The van der Waals surface area contributed by atoms with Crippen molar-refractivity contribution in [3.05, 3.63) is 94.1 Å². The summed E-state index contributed by atoms with van der Waals surface area (Å²) in [6.45, 7) is 1.95. The van der Waals surface area contributed by atoms with Crippen molar-refractivity contribution in [2.24, 2.45) is 0 Å². The van der Waals surface area contributed by atoms with Crippen LogP contribution in [0.1, 0.15) is 29.0 Å². The standard InChI is InChI=1S/C24H17NO4/c1-14-11-19-23(18(13-20(26)28-19)15-5-3-2-4-6-15)24-22(14)17(12-21(27)29-24)16-7-9-25-10-8-16/h2-11,13,17H,12H2,1H3. The molecule has 0 fully saturated rings. The predicted molar refractivity (Wildman–Crippen MR) is 109 cm³/mol. The molecule has 0 radical (unpaired) electrons. The normalized spacial score (nSPS) is 15.8. The molecule has 0 saturated heterocycles. The monoisotopic (exact) mass is 383 g/mol. The van der Waals surface area contributed by atoms with Gasteiger partial charge in [0.2, 0.25) is 0 Å². The molecular formula is C24H17NO4. The summed E-state index contributed by atoms with van der Waals surface area (Å²) >= 11 is 0. The number of pyridine rings is 1. The molecule has 5 rings (SSSR count). The van der Waals surface area contributed by atoms with Crippen molar-refractivity contribution >= 4 is 16.9 Å². The number of aromatic nitrogens is 1. The van der Waals surface area contributed by atoms with Crippen molar-refractivity contribution in [2.75, 3.05) is 0 Å². The quantitative estimate of drug-likeness (QED) is 0.287. The molecule has 1 unspecified atom stereocenters. The van der Waals surface area contributed by atoms with Crippen LogP contribution in [-0.2, 0) is 4.79 Å². The van der Waals surface area contributed by atoms with Gasteiger partial charge in [-0.2, -0.15) is 0 Å². The molecule has 1 aliphatic heterocycles. The number of hydrogen-bond donors (Lipinski definition) is 0. The van der Waals surface area contributed by atoms with Gasteiger partial charge in [0.1, 0.15) is 11.3 Å². The van der Waals surface area contributed by atoms with Gasteiger partial charge < -0.3 is 9.15 Å². The predicted octanol–water partition coefficient (Wildman–Crippen LogP) is 4.60. The number of nitrogens with zero attached hydrogens (tertiary/aromatic N) is 1. The molecule has 1 aliphatic rings. The zero-order valence-electron chi connectivity index (χ0n) is 15.7. The van der Waals surface area contributed by atoms with E-state index < -0.39 is 5.63 Å². The Hall–Kier alpha value is -3.73. The van der Waals surface area contributed by atoms with E-state index in [2.05, 4.69) is 4.98 Å². The maximum atomic E-state index is 12.5. The Morgan fingerprint density at radius 1 is 1.00 bits per heavy atom. The first kappa shape index (κ1) is 17.4. The van der Waals surface area contributed by atoms with Gasteiger partial charge in [0.15, 0.2) is 0 Å². The van der Waals surface area contributed by atoms with E-state index in [0.717, 1.165) is 22.3 Å². The number of esters is 1. The van der Waals surface area contributed by atoms with Crippen molar-refractivity contribution in [3.63, 3.8) is 0 Å². The van der Waals surface area contributed by atoms with Crippen LogP contribution in [0.15, 0.2) is 76.2 Å². The Bertz CT molecular complexity index is 1290. The van der Waals surface area contributed by atoms with Crippen LogP contribution in [0, 0.1) is 6.92 Å². The van der Waals surface area contributed by atoms with Crippen LogP contribution in [0.5, 0.6) is 5.75 Å². The fourth-order valence-corrected chi connectivity index (χ4v) is 4.12. The maximum absolute atomic E-state index is 12.5. The van der Waals surface area contributed by atoms with Gasteiger partial charge in [-0.1, -0.05) is 30.3 Å². The van der Waals surface area contributed by atoms with E-state index in [-0.39, 0.29) is 18.3 Å². The summed E-state index contributed by atoms with van der Waals surface area (Å²) in [6, 6.07) is 16.7. The summed E-state index contributed by atoms with van der Waals surface area (Å²) in [5.74, 6) is 0.0197. The number of ether oxygens (including phenoxy) is 1. The zero-order valence-corrected chi connectivity index (χ0v) is 15.7. The zero-order chi connectivity index (χ0) is 20.0. The first-order valence-corrected chi connectivity index (χ1v) is 9.39. The Morgan fingerprint density at radius 3 is 2.52 bits per heavy atom. The van der Waals surface area contributed by atoms with E-state index in [0.29, 0.717) is 22.3 Å². The number of hydrogen-bond acceptors (Lipinski definition) is 5. The lowest BCUT2D eigenvalue weighted by Crippen LogP contribution is -2.22. The molecule has 0 aliphatic carbocycles. The van der Waals surface area contributed by atoms with Crippen LogP contribution in [0.2, 0.25) is 0 Å². The van der Waals surface area contributed by atoms with E-state index in [9.17, 15) is 9.59 Å². The van der Waals surface area contributed by atoms with Crippen molar-refractivity contribution < 1.29 is 13.9 Å².